The van der Waals surface area contributed by atoms with Gasteiger partial charge in [0.1, 0.15) is 19.3 Å². The lowest BCUT2D eigenvalue weighted by molar-refractivity contribution is -0.161. The van der Waals surface area contributed by atoms with E-state index >= 15 is 0 Å². The predicted molar refractivity (Wildman–Crippen MR) is 409 cm³/mol. The summed E-state index contributed by atoms with van der Waals surface area (Å²) in [6.07, 6.45) is 65.0. The average molecular weight is 1470 g/mol. The number of carbonyl (C=O) groups is 4. The number of aliphatic hydroxyl groups excluding tert-OH is 1. The molecule has 0 saturated carbocycles. The molecular weight excluding hydrogens is 1310 g/mol. The monoisotopic (exact) mass is 1470 g/mol. The minimum atomic E-state index is -4.96. The average Bonchev–Trinajstić information content (AvgIpc) is 0.925. The summed E-state index contributed by atoms with van der Waals surface area (Å²) in [6, 6.07) is 0. The summed E-state index contributed by atoms with van der Waals surface area (Å²) in [5.41, 5.74) is 0. The number of phosphoric acid groups is 2. The predicted octanol–water partition coefficient (Wildman–Crippen LogP) is 24.4. The van der Waals surface area contributed by atoms with Crippen LogP contribution in [0.4, 0.5) is 0 Å². The molecule has 0 aromatic carbocycles. The van der Waals surface area contributed by atoms with Crippen LogP contribution in [0.2, 0.25) is 0 Å². The summed E-state index contributed by atoms with van der Waals surface area (Å²) in [5.74, 6) is -1.26. The van der Waals surface area contributed by atoms with Crippen LogP contribution in [0, 0.1) is 5.92 Å². The third kappa shape index (κ3) is 73.0. The molecule has 0 heterocycles. The molecule has 0 aliphatic heterocycles. The second-order valence-electron chi connectivity index (χ2n) is 29.4. The van der Waals surface area contributed by atoms with Crippen LogP contribution in [-0.2, 0) is 65.4 Å². The van der Waals surface area contributed by atoms with Gasteiger partial charge in [0.2, 0.25) is 0 Å². The van der Waals surface area contributed by atoms with Gasteiger partial charge in [-0.05, 0) is 31.6 Å². The highest BCUT2D eigenvalue weighted by Gasteiger charge is 2.30. The number of phosphoric ester groups is 2. The van der Waals surface area contributed by atoms with Crippen molar-refractivity contribution in [2.75, 3.05) is 39.6 Å². The highest BCUT2D eigenvalue weighted by Crippen LogP contribution is 2.45. The molecule has 19 heteroatoms. The van der Waals surface area contributed by atoms with E-state index in [1.807, 2.05) is 0 Å². The highest BCUT2D eigenvalue weighted by atomic mass is 31.2. The molecule has 0 aromatic heterocycles. The van der Waals surface area contributed by atoms with Gasteiger partial charge in [0.15, 0.2) is 12.2 Å². The standard InChI is InChI=1S/C81H158O17P2/c1-6-10-13-16-19-22-25-27-28-29-30-31-36-40-45-50-55-60-65-79(84)92-71-77(98-81(86)67-62-57-52-47-42-37-33-32-35-39-43-48-53-58-63-74(5)9-4)73-96-100(89,90)94-69-75(82)68-93-99(87,88)95-72-76(70-91-78(83)64-59-54-49-44-38-24-21-18-15-12-8-3)97-80(85)66-61-56-51-46-41-34-26-23-20-17-14-11-7-2/h74-77,82H,6-73H2,1-5H3,(H,87,88)(H,89,90)/t74?,75-,76+,77+/m0/s1. The molecule has 0 amide bonds. The Morgan fingerprint density at radius 1 is 0.280 bits per heavy atom. The zero-order valence-electron chi connectivity index (χ0n) is 65.3. The Hall–Kier alpha value is -1.94. The van der Waals surface area contributed by atoms with E-state index in [2.05, 4.69) is 34.6 Å². The normalized spacial score (nSPS) is 14.1. The summed E-state index contributed by atoms with van der Waals surface area (Å²) >= 11 is 0. The molecule has 0 radical (unpaired) electrons. The number of aliphatic hydroxyl groups is 1. The van der Waals surface area contributed by atoms with Crippen LogP contribution < -0.4 is 0 Å². The molecular formula is C81H158O17P2. The van der Waals surface area contributed by atoms with Crippen LogP contribution >= 0.6 is 15.6 Å². The molecule has 3 unspecified atom stereocenters. The lowest BCUT2D eigenvalue weighted by Crippen LogP contribution is -2.30. The SMILES string of the molecule is CCCCCCCCCCCCCCCCCCCCC(=O)OC[C@H](COP(=O)(O)OC[C@@H](O)COP(=O)(O)OC[C@@H](COC(=O)CCCCCCCCCCCCC)OC(=O)CCCCCCCCCCCCCCC)OC(=O)CCCCCCCCCCCCCCCCC(C)CC. The van der Waals surface area contributed by atoms with Gasteiger partial charge in [-0.2, -0.15) is 0 Å². The number of carbonyl (C=O) groups excluding carboxylic acids is 4. The molecule has 0 fully saturated rings. The number of unbranched alkanes of at least 4 members (excludes halogenated alkanes) is 52. The second kappa shape index (κ2) is 73.9. The van der Waals surface area contributed by atoms with E-state index in [0.717, 1.165) is 95.8 Å². The third-order valence-electron chi connectivity index (χ3n) is 19.4. The quantitative estimate of drug-likeness (QED) is 0.0222. The topological polar surface area (TPSA) is 237 Å². The number of hydrogen-bond donors (Lipinski definition) is 3. The second-order valence-corrected chi connectivity index (χ2v) is 32.3. The first kappa shape index (κ1) is 98.1. The molecule has 100 heavy (non-hydrogen) atoms. The Bertz CT molecular complexity index is 1910. The molecule has 3 N–H and O–H groups in total. The van der Waals surface area contributed by atoms with Crippen molar-refractivity contribution in [2.45, 2.75) is 451 Å². The summed E-state index contributed by atoms with van der Waals surface area (Å²) in [5, 5.41) is 10.6. The Balaban J connectivity index is 5.24. The number of esters is 4. The van der Waals surface area contributed by atoms with Crippen molar-refractivity contribution in [3.8, 4) is 0 Å². The molecule has 0 aliphatic carbocycles. The van der Waals surface area contributed by atoms with Crippen molar-refractivity contribution in [2.24, 2.45) is 5.92 Å². The first-order chi connectivity index (χ1) is 48.6. The number of hydrogen-bond acceptors (Lipinski definition) is 15. The van der Waals surface area contributed by atoms with Gasteiger partial charge in [0, 0.05) is 25.7 Å². The molecule has 6 atom stereocenters. The Morgan fingerprint density at radius 3 is 0.710 bits per heavy atom. The molecule has 17 nitrogen and oxygen atoms in total. The fourth-order valence-corrected chi connectivity index (χ4v) is 14.1. The first-order valence-electron chi connectivity index (χ1n) is 42.2. The Morgan fingerprint density at radius 2 is 0.480 bits per heavy atom. The van der Waals surface area contributed by atoms with Crippen molar-refractivity contribution >= 4 is 39.5 Å². The summed E-state index contributed by atoms with van der Waals surface area (Å²) in [7, 11) is -9.92. The van der Waals surface area contributed by atoms with Crippen molar-refractivity contribution in [1.29, 1.82) is 0 Å². The first-order valence-corrected chi connectivity index (χ1v) is 45.2. The lowest BCUT2D eigenvalue weighted by atomic mass is 9.99. The number of ether oxygens (including phenoxy) is 4. The van der Waals surface area contributed by atoms with Gasteiger partial charge in [0.25, 0.3) is 0 Å². The maximum absolute atomic E-state index is 13.1. The molecule has 0 spiro atoms. The minimum Gasteiger partial charge on any atom is -0.462 e. The summed E-state index contributed by atoms with van der Waals surface area (Å²) in [6.45, 7) is 7.39. The van der Waals surface area contributed by atoms with Gasteiger partial charge < -0.3 is 33.8 Å². The van der Waals surface area contributed by atoms with Gasteiger partial charge in [-0.3, -0.25) is 37.3 Å². The zero-order chi connectivity index (χ0) is 73.4. The molecule has 0 aliphatic rings. The van der Waals surface area contributed by atoms with Gasteiger partial charge in [-0.25, -0.2) is 9.13 Å². The molecule has 0 bridgehead atoms. The summed E-state index contributed by atoms with van der Waals surface area (Å²) < 4.78 is 68.7. The maximum Gasteiger partial charge on any atom is 0.472 e. The lowest BCUT2D eigenvalue weighted by Gasteiger charge is -2.21. The van der Waals surface area contributed by atoms with Crippen molar-refractivity contribution in [3.05, 3.63) is 0 Å². The smallest absolute Gasteiger partial charge is 0.462 e. The van der Waals surface area contributed by atoms with Crippen LogP contribution in [0.5, 0.6) is 0 Å². The molecule has 0 aromatic rings. The minimum absolute atomic E-state index is 0.108. The van der Waals surface area contributed by atoms with E-state index in [9.17, 15) is 43.2 Å². The fourth-order valence-electron chi connectivity index (χ4n) is 12.6. The molecule has 594 valence electrons. The van der Waals surface area contributed by atoms with E-state index in [4.69, 9.17) is 37.0 Å². The van der Waals surface area contributed by atoms with Gasteiger partial charge >= 0.3 is 39.5 Å². The van der Waals surface area contributed by atoms with E-state index in [1.54, 1.807) is 0 Å². The molecule has 0 saturated heterocycles. The van der Waals surface area contributed by atoms with E-state index < -0.39 is 97.5 Å². The number of rotatable bonds is 81. The fraction of sp³-hybridized carbons (Fsp3) is 0.951. The van der Waals surface area contributed by atoms with Crippen molar-refractivity contribution in [3.63, 3.8) is 0 Å². The molecule has 0 rings (SSSR count). The van der Waals surface area contributed by atoms with Crippen LogP contribution in [0.25, 0.3) is 0 Å². The summed E-state index contributed by atoms with van der Waals surface area (Å²) in [4.78, 5) is 73.0. The zero-order valence-corrected chi connectivity index (χ0v) is 67.1. The Labute approximate surface area is 613 Å². The largest absolute Gasteiger partial charge is 0.472 e. The van der Waals surface area contributed by atoms with E-state index in [-0.39, 0.29) is 25.7 Å². The maximum atomic E-state index is 13.1. The van der Waals surface area contributed by atoms with Gasteiger partial charge in [-0.1, -0.05) is 381 Å². The van der Waals surface area contributed by atoms with Crippen LogP contribution in [0.3, 0.4) is 0 Å². The Kier molecular flexibility index (Phi) is 72.5. The van der Waals surface area contributed by atoms with Crippen molar-refractivity contribution in [1.82, 2.24) is 0 Å². The highest BCUT2D eigenvalue weighted by molar-refractivity contribution is 7.47. The van der Waals surface area contributed by atoms with Crippen molar-refractivity contribution < 1.29 is 80.2 Å². The van der Waals surface area contributed by atoms with E-state index in [1.165, 1.54) is 257 Å². The van der Waals surface area contributed by atoms with Crippen LogP contribution in [0.15, 0.2) is 0 Å². The van der Waals surface area contributed by atoms with Gasteiger partial charge in [0.05, 0.1) is 26.4 Å². The van der Waals surface area contributed by atoms with Crippen LogP contribution in [0.1, 0.15) is 433 Å². The van der Waals surface area contributed by atoms with Crippen LogP contribution in [-0.4, -0.2) is 96.7 Å². The van der Waals surface area contributed by atoms with E-state index in [0.29, 0.717) is 25.7 Å². The van der Waals surface area contributed by atoms with Gasteiger partial charge in [-0.15, -0.1) is 0 Å². The third-order valence-corrected chi connectivity index (χ3v) is 21.3.